The normalized spacial score (nSPS) is 15.6. The summed E-state index contributed by atoms with van der Waals surface area (Å²) in [6.07, 6.45) is -0.0612. The number of anilines is 1. The smallest absolute Gasteiger partial charge is 0.434 e. The zero-order valence-electron chi connectivity index (χ0n) is 21.0. The maximum absolute atomic E-state index is 13.1. The Bertz CT molecular complexity index is 1410. The molecule has 0 amide bonds. The summed E-state index contributed by atoms with van der Waals surface area (Å²) in [5.41, 5.74) is 2.50. The number of nitrogens with zero attached hydrogens (tertiary/aromatic N) is 6. The van der Waals surface area contributed by atoms with Crippen molar-refractivity contribution in [2.45, 2.75) is 45.5 Å². The van der Waals surface area contributed by atoms with Gasteiger partial charge in [-0.25, -0.2) is 15.0 Å². The third-order valence-corrected chi connectivity index (χ3v) is 6.22. The van der Waals surface area contributed by atoms with Crippen LogP contribution < -0.4 is 9.64 Å². The van der Waals surface area contributed by atoms with E-state index in [1.165, 1.54) is 4.57 Å². The van der Waals surface area contributed by atoms with Crippen molar-refractivity contribution in [1.82, 2.24) is 24.5 Å². The maximum atomic E-state index is 13.1. The molecular weight excluding hydrogens is 481 g/mol. The second-order valence-corrected chi connectivity index (χ2v) is 9.54. The number of pyridine rings is 1. The van der Waals surface area contributed by atoms with Crippen LogP contribution in [-0.2, 0) is 19.8 Å². The zero-order chi connectivity index (χ0) is 26.3. The minimum absolute atomic E-state index is 0.0563. The Labute approximate surface area is 213 Å². The van der Waals surface area contributed by atoms with Gasteiger partial charge in [0.15, 0.2) is 23.1 Å². The standard InChI is InChI=1S/C27H27F3N6O/c1-16(2)23-20(6-5-11-31-23)24-32-12-21-26(34-24)36(13-17(3)37-21)14-18-7-9-19(10-8-18)25-33-22(15-35(25)4)27(28,29)30/h5-12,15-17H,13-14H2,1-4H3. The number of hydrogen-bond acceptors (Lipinski definition) is 6. The molecule has 0 bridgehead atoms. The summed E-state index contributed by atoms with van der Waals surface area (Å²) >= 11 is 0. The summed E-state index contributed by atoms with van der Waals surface area (Å²) in [7, 11) is 1.56. The van der Waals surface area contributed by atoms with E-state index in [2.05, 4.69) is 33.7 Å². The lowest BCUT2D eigenvalue weighted by Crippen LogP contribution is -2.38. The molecule has 3 aromatic heterocycles. The molecule has 4 heterocycles. The number of imidazole rings is 1. The van der Waals surface area contributed by atoms with E-state index < -0.39 is 11.9 Å². The van der Waals surface area contributed by atoms with Gasteiger partial charge in [0.05, 0.1) is 18.4 Å². The molecule has 1 aliphatic rings. The third kappa shape index (κ3) is 5.00. The van der Waals surface area contributed by atoms with Gasteiger partial charge in [-0.3, -0.25) is 4.98 Å². The zero-order valence-corrected chi connectivity index (χ0v) is 21.0. The van der Waals surface area contributed by atoms with E-state index in [1.807, 2.05) is 31.2 Å². The van der Waals surface area contributed by atoms with Crippen molar-refractivity contribution in [3.8, 4) is 28.5 Å². The van der Waals surface area contributed by atoms with Crippen LogP contribution in [-0.4, -0.2) is 37.2 Å². The molecule has 0 N–H and O–H groups in total. The van der Waals surface area contributed by atoms with Crippen molar-refractivity contribution in [2.24, 2.45) is 7.05 Å². The number of alkyl halides is 3. The van der Waals surface area contributed by atoms with Crippen LogP contribution in [0.2, 0.25) is 0 Å². The van der Waals surface area contributed by atoms with Crippen molar-refractivity contribution in [3.05, 3.63) is 71.9 Å². The van der Waals surface area contributed by atoms with Crippen LogP contribution in [0.1, 0.15) is 43.6 Å². The van der Waals surface area contributed by atoms with Crippen molar-refractivity contribution in [3.63, 3.8) is 0 Å². The van der Waals surface area contributed by atoms with Crippen LogP contribution in [0, 0.1) is 0 Å². The largest absolute Gasteiger partial charge is 0.483 e. The number of aryl methyl sites for hydroxylation is 1. The summed E-state index contributed by atoms with van der Waals surface area (Å²) in [5, 5.41) is 0. The molecule has 37 heavy (non-hydrogen) atoms. The van der Waals surface area contributed by atoms with Gasteiger partial charge < -0.3 is 14.2 Å². The van der Waals surface area contributed by atoms with E-state index in [-0.39, 0.29) is 17.8 Å². The van der Waals surface area contributed by atoms with Gasteiger partial charge in [0.2, 0.25) is 0 Å². The Hall–Kier alpha value is -3.95. The summed E-state index contributed by atoms with van der Waals surface area (Å²) < 4.78 is 46.6. The Morgan fingerprint density at radius 1 is 1.08 bits per heavy atom. The van der Waals surface area contributed by atoms with Gasteiger partial charge in [-0.15, -0.1) is 0 Å². The van der Waals surface area contributed by atoms with Crippen molar-refractivity contribution >= 4 is 5.82 Å². The number of fused-ring (bicyclic) bond motifs is 1. The highest BCUT2D eigenvalue weighted by Gasteiger charge is 2.34. The average Bonchev–Trinajstić information content (AvgIpc) is 3.26. The molecule has 0 radical (unpaired) electrons. The van der Waals surface area contributed by atoms with Crippen molar-refractivity contribution in [1.29, 1.82) is 0 Å². The first-order valence-corrected chi connectivity index (χ1v) is 12.0. The van der Waals surface area contributed by atoms with Crippen molar-refractivity contribution < 1.29 is 17.9 Å². The Kier molecular flexibility index (Phi) is 6.35. The molecule has 0 saturated heterocycles. The molecule has 7 nitrogen and oxygen atoms in total. The monoisotopic (exact) mass is 508 g/mol. The van der Waals surface area contributed by atoms with Gasteiger partial charge in [0.1, 0.15) is 11.9 Å². The second kappa shape index (κ2) is 9.49. The predicted octanol–water partition coefficient (Wildman–Crippen LogP) is 5.87. The summed E-state index contributed by atoms with van der Waals surface area (Å²) in [6.45, 7) is 7.34. The van der Waals surface area contributed by atoms with Gasteiger partial charge in [0, 0.05) is 37.1 Å². The van der Waals surface area contributed by atoms with E-state index in [0.29, 0.717) is 36.0 Å². The minimum Gasteiger partial charge on any atom is -0.483 e. The fraction of sp³-hybridized carbons (Fsp3) is 0.333. The number of hydrogen-bond donors (Lipinski definition) is 0. The molecule has 0 fully saturated rings. The lowest BCUT2D eigenvalue weighted by Gasteiger charge is -2.34. The molecule has 5 rings (SSSR count). The summed E-state index contributed by atoms with van der Waals surface area (Å²) in [5.74, 6) is 2.38. The number of benzene rings is 1. The molecule has 1 atom stereocenters. The number of aromatic nitrogens is 5. The summed E-state index contributed by atoms with van der Waals surface area (Å²) in [6, 6.07) is 11.2. The van der Waals surface area contributed by atoms with E-state index in [4.69, 9.17) is 9.72 Å². The second-order valence-electron chi connectivity index (χ2n) is 9.54. The first-order valence-electron chi connectivity index (χ1n) is 12.0. The molecule has 4 aromatic rings. The quantitative estimate of drug-likeness (QED) is 0.336. The predicted molar refractivity (Wildman–Crippen MR) is 134 cm³/mol. The summed E-state index contributed by atoms with van der Waals surface area (Å²) in [4.78, 5) is 19.9. The lowest BCUT2D eigenvalue weighted by molar-refractivity contribution is -0.140. The minimum atomic E-state index is -4.48. The van der Waals surface area contributed by atoms with Crippen LogP contribution in [0.4, 0.5) is 19.0 Å². The molecule has 1 aliphatic heterocycles. The Balaban J connectivity index is 1.43. The fourth-order valence-corrected chi connectivity index (χ4v) is 4.51. The molecule has 0 aliphatic carbocycles. The maximum Gasteiger partial charge on any atom is 0.434 e. The number of ether oxygens (including phenoxy) is 1. The first-order chi connectivity index (χ1) is 17.6. The molecule has 1 unspecified atom stereocenters. The Morgan fingerprint density at radius 2 is 1.84 bits per heavy atom. The molecule has 192 valence electrons. The lowest BCUT2D eigenvalue weighted by atomic mass is 10.0. The van der Waals surface area contributed by atoms with Gasteiger partial charge in [0.25, 0.3) is 0 Å². The van der Waals surface area contributed by atoms with Gasteiger partial charge in [-0.05, 0) is 30.5 Å². The van der Waals surface area contributed by atoms with Crippen LogP contribution in [0.25, 0.3) is 22.8 Å². The highest BCUT2D eigenvalue weighted by atomic mass is 19.4. The van der Waals surface area contributed by atoms with Crippen molar-refractivity contribution in [2.75, 3.05) is 11.4 Å². The first kappa shape index (κ1) is 24.7. The van der Waals surface area contributed by atoms with Crippen LogP contribution >= 0.6 is 0 Å². The number of halogens is 3. The van der Waals surface area contributed by atoms with E-state index in [9.17, 15) is 13.2 Å². The van der Waals surface area contributed by atoms with E-state index in [0.717, 1.165) is 23.0 Å². The van der Waals surface area contributed by atoms with Crippen LogP contribution in [0.5, 0.6) is 5.75 Å². The highest BCUT2D eigenvalue weighted by Crippen LogP contribution is 2.35. The topological polar surface area (TPSA) is 69.0 Å². The molecule has 0 saturated carbocycles. The molecule has 0 spiro atoms. The fourth-order valence-electron chi connectivity index (χ4n) is 4.51. The third-order valence-electron chi connectivity index (χ3n) is 6.22. The van der Waals surface area contributed by atoms with Gasteiger partial charge in [-0.2, -0.15) is 13.2 Å². The Morgan fingerprint density at radius 3 is 2.51 bits per heavy atom. The highest BCUT2D eigenvalue weighted by molar-refractivity contribution is 5.64. The molecular formula is C27H27F3N6O. The SMILES string of the molecule is CC1CN(Cc2ccc(-c3nc(C(F)(F)F)cn3C)cc2)c2nc(-c3cccnc3C(C)C)ncc2O1. The average molecular weight is 509 g/mol. The van der Waals surface area contributed by atoms with Crippen LogP contribution in [0.3, 0.4) is 0 Å². The van der Waals surface area contributed by atoms with Gasteiger partial charge >= 0.3 is 6.18 Å². The van der Waals surface area contributed by atoms with E-state index in [1.54, 1.807) is 31.6 Å². The van der Waals surface area contributed by atoms with Crippen LogP contribution in [0.15, 0.2) is 55.0 Å². The number of rotatable bonds is 5. The molecule has 10 heteroatoms. The molecule has 1 aromatic carbocycles. The van der Waals surface area contributed by atoms with E-state index >= 15 is 0 Å². The van der Waals surface area contributed by atoms with Gasteiger partial charge in [-0.1, -0.05) is 38.1 Å².